The van der Waals surface area contributed by atoms with Crippen molar-refractivity contribution in [2.75, 3.05) is 13.7 Å². The lowest BCUT2D eigenvalue weighted by molar-refractivity contribution is -0.385. The van der Waals surface area contributed by atoms with Gasteiger partial charge in [0, 0.05) is 22.3 Å². The fourth-order valence-electron chi connectivity index (χ4n) is 3.66. The quantitative estimate of drug-likeness (QED) is 0.175. The standard InChI is InChI=1S/C24H14ClNO8/c1-33-19-9-6-12(10-17(19)25)18(27)11-34-24(30)16-8-7-15-20(21(16)26(31)32)23(29)14-5-3-2-4-13(14)22(15)28/h2-10H,11H2,1H3. The molecule has 0 fully saturated rings. The van der Waals surface area contributed by atoms with Gasteiger partial charge in [-0.3, -0.25) is 24.5 Å². The first-order chi connectivity index (χ1) is 16.2. The molecule has 0 saturated heterocycles. The van der Waals surface area contributed by atoms with Gasteiger partial charge in [-0.15, -0.1) is 0 Å². The fraction of sp³-hybridized carbons (Fsp3) is 0.0833. The Labute approximate surface area is 197 Å². The average Bonchev–Trinajstić information content (AvgIpc) is 2.84. The SMILES string of the molecule is COc1ccc(C(=O)COC(=O)c2ccc3c(c2[N+](=O)[O-])C(=O)c2ccccc2C3=O)cc1Cl. The van der Waals surface area contributed by atoms with Gasteiger partial charge >= 0.3 is 5.97 Å². The summed E-state index contributed by atoms with van der Waals surface area (Å²) in [4.78, 5) is 61.8. The highest BCUT2D eigenvalue weighted by Gasteiger charge is 2.39. The van der Waals surface area contributed by atoms with Crippen molar-refractivity contribution in [3.8, 4) is 5.75 Å². The van der Waals surface area contributed by atoms with Gasteiger partial charge in [0.1, 0.15) is 16.9 Å². The number of methoxy groups -OCH3 is 1. The van der Waals surface area contributed by atoms with Crippen molar-refractivity contribution >= 4 is 40.6 Å². The highest BCUT2D eigenvalue weighted by molar-refractivity contribution is 6.32. The lowest BCUT2D eigenvalue weighted by Gasteiger charge is -2.18. The number of carbonyl (C=O) groups excluding carboxylic acids is 4. The number of nitrogens with zero attached hydrogens (tertiary/aromatic N) is 1. The van der Waals surface area contributed by atoms with E-state index in [2.05, 4.69) is 0 Å². The molecule has 1 aliphatic carbocycles. The van der Waals surface area contributed by atoms with Gasteiger partial charge in [0.25, 0.3) is 5.69 Å². The van der Waals surface area contributed by atoms with Crippen LogP contribution in [0.1, 0.15) is 52.6 Å². The summed E-state index contributed by atoms with van der Waals surface area (Å²) in [5.74, 6) is -2.78. The van der Waals surface area contributed by atoms with Gasteiger partial charge in [-0.2, -0.15) is 0 Å². The average molecular weight is 480 g/mol. The molecule has 0 heterocycles. The third-order valence-electron chi connectivity index (χ3n) is 5.28. The molecule has 0 aromatic heterocycles. The van der Waals surface area contributed by atoms with E-state index in [1.165, 1.54) is 49.6 Å². The van der Waals surface area contributed by atoms with Crippen molar-refractivity contribution in [2.45, 2.75) is 0 Å². The number of carbonyl (C=O) groups is 4. The molecule has 3 aromatic rings. The van der Waals surface area contributed by atoms with Gasteiger partial charge in [-0.25, -0.2) is 4.79 Å². The Bertz CT molecular complexity index is 1410. The van der Waals surface area contributed by atoms with E-state index in [4.69, 9.17) is 21.1 Å². The van der Waals surface area contributed by atoms with Gasteiger partial charge in [0.2, 0.25) is 5.78 Å². The van der Waals surface area contributed by atoms with E-state index in [0.717, 1.165) is 6.07 Å². The van der Waals surface area contributed by atoms with Crippen LogP contribution in [0, 0.1) is 10.1 Å². The molecular weight excluding hydrogens is 466 g/mol. The van der Waals surface area contributed by atoms with Crippen LogP contribution in [0.4, 0.5) is 5.69 Å². The molecule has 1 aliphatic rings. The van der Waals surface area contributed by atoms with Crippen molar-refractivity contribution in [3.05, 3.63) is 103 Å². The van der Waals surface area contributed by atoms with Crippen LogP contribution in [0.3, 0.4) is 0 Å². The highest BCUT2D eigenvalue weighted by atomic mass is 35.5. The minimum Gasteiger partial charge on any atom is -0.495 e. The lowest BCUT2D eigenvalue weighted by atomic mass is 9.82. The second-order valence-electron chi connectivity index (χ2n) is 7.19. The molecule has 3 aromatic carbocycles. The van der Waals surface area contributed by atoms with Crippen molar-refractivity contribution in [2.24, 2.45) is 0 Å². The molecule has 34 heavy (non-hydrogen) atoms. The second kappa shape index (κ2) is 8.87. The molecule has 0 atom stereocenters. The first-order valence-corrected chi connectivity index (χ1v) is 10.2. The molecule has 0 amide bonds. The number of hydrogen-bond acceptors (Lipinski definition) is 8. The van der Waals surface area contributed by atoms with Crippen molar-refractivity contribution in [3.63, 3.8) is 0 Å². The molecule has 10 heteroatoms. The Balaban J connectivity index is 1.65. The Morgan fingerprint density at radius 3 is 2.26 bits per heavy atom. The normalized spacial score (nSPS) is 11.9. The maximum atomic E-state index is 13.0. The van der Waals surface area contributed by atoms with Crippen LogP contribution in [0.2, 0.25) is 5.02 Å². The number of ether oxygens (including phenoxy) is 2. The van der Waals surface area contributed by atoms with E-state index < -0.39 is 51.7 Å². The minimum absolute atomic E-state index is 0.000166. The number of nitro groups is 1. The highest BCUT2D eigenvalue weighted by Crippen LogP contribution is 2.35. The number of Topliss-reactive ketones (excluding diaryl/α,β-unsaturated/α-hetero) is 1. The zero-order valence-corrected chi connectivity index (χ0v) is 18.3. The maximum absolute atomic E-state index is 13.0. The Hall–Kier alpha value is -4.37. The predicted molar refractivity (Wildman–Crippen MR) is 119 cm³/mol. The number of ketones is 3. The third kappa shape index (κ3) is 3.82. The van der Waals surface area contributed by atoms with Gasteiger partial charge in [0.15, 0.2) is 18.2 Å². The fourth-order valence-corrected chi connectivity index (χ4v) is 3.91. The van der Waals surface area contributed by atoms with Crippen molar-refractivity contribution in [1.29, 1.82) is 0 Å². The zero-order chi connectivity index (χ0) is 24.6. The summed E-state index contributed by atoms with van der Waals surface area (Å²) in [6.07, 6.45) is 0. The van der Waals surface area contributed by atoms with Crippen molar-refractivity contribution in [1.82, 2.24) is 0 Å². The van der Waals surface area contributed by atoms with E-state index in [0.29, 0.717) is 5.75 Å². The topological polar surface area (TPSA) is 130 Å². The van der Waals surface area contributed by atoms with Crippen LogP contribution in [-0.2, 0) is 4.74 Å². The summed E-state index contributed by atoms with van der Waals surface area (Å²) in [5.41, 5.74) is -1.82. The Kier molecular flexibility index (Phi) is 5.95. The van der Waals surface area contributed by atoms with E-state index in [1.807, 2.05) is 0 Å². The maximum Gasteiger partial charge on any atom is 0.345 e. The number of benzene rings is 3. The molecule has 0 spiro atoms. The van der Waals surface area contributed by atoms with E-state index >= 15 is 0 Å². The van der Waals surface area contributed by atoms with Gasteiger partial charge < -0.3 is 9.47 Å². The molecular formula is C24H14ClNO8. The summed E-state index contributed by atoms with van der Waals surface area (Å²) in [6, 6.07) is 12.3. The molecule has 4 rings (SSSR count). The summed E-state index contributed by atoms with van der Waals surface area (Å²) in [6.45, 7) is -0.731. The number of fused-ring (bicyclic) bond motifs is 2. The predicted octanol–water partition coefficient (Wildman–Crippen LogP) is 4.07. The summed E-state index contributed by atoms with van der Waals surface area (Å²) in [5, 5.41) is 12.0. The summed E-state index contributed by atoms with van der Waals surface area (Å²) >= 11 is 6.00. The van der Waals surface area contributed by atoms with Crippen LogP contribution >= 0.6 is 11.6 Å². The number of halogens is 1. The molecule has 0 unspecified atom stereocenters. The molecule has 9 nitrogen and oxygen atoms in total. The molecule has 0 N–H and O–H groups in total. The minimum atomic E-state index is -1.19. The van der Waals surface area contributed by atoms with Crippen LogP contribution in [0.25, 0.3) is 0 Å². The van der Waals surface area contributed by atoms with Crippen LogP contribution < -0.4 is 4.74 Å². The van der Waals surface area contributed by atoms with Gasteiger partial charge in [0.05, 0.1) is 17.1 Å². The lowest BCUT2D eigenvalue weighted by Crippen LogP contribution is -2.24. The Morgan fingerprint density at radius 2 is 1.65 bits per heavy atom. The first-order valence-electron chi connectivity index (χ1n) is 9.78. The number of rotatable bonds is 6. The van der Waals surface area contributed by atoms with Gasteiger partial charge in [-0.1, -0.05) is 35.9 Å². The van der Waals surface area contributed by atoms with Crippen LogP contribution in [0.15, 0.2) is 54.6 Å². The molecule has 0 bridgehead atoms. The van der Waals surface area contributed by atoms with Gasteiger partial charge in [-0.05, 0) is 30.3 Å². The largest absolute Gasteiger partial charge is 0.495 e. The number of hydrogen-bond donors (Lipinski definition) is 0. The van der Waals surface area contributed by atoms with Crippen LogP contribution in [0.5, 0.6) is 5.75 Å². The van der Waals surface area contributed by atoms with E-state index in [1.54, 1.807) is 6.07 Å². The van der Waals surface area contributed by atoms with Crippen molar-refractivity contribution < 1.29 is 33.6 Å². The molecule has 170 valence electrons. The smallest absolute Gasteiger partial charge is 0.345 e. The zero-order valence-electron chi connectivity index (χ0n) is 17.5. The third-order valence-corrected chi connectivity index (χ3v) is 5.57. The first kappa shape index (κ1) is 22.8. The van der Waals surface area contributed by atoms with E-state index in [9.17, 15) is 29.3 Å². The monoisotopic (exact) mass is 479 g/mol. The Morgan fingerprint density at radius 1 is 0.971 bits per heavy atom. The molecule has 0 aliphatic heterocycles. The molecule has 0 saturated carbocycles. The van der Waals surface area contributed by atoms with Crippen LogP contribution in [-0.4, -0.2) is 42.0 Å². The summed E-state index contributed by atoms with van der Waals surface area (Å²) < 4.78 is 10.0. The summed E-state index contributed by atoms with van der Waals surface area (Å²) in [7, 11) is 1.41. The number of nitro benzene ring substituents is 1. The van der Waals surface area contributed by atoms with E-state index in [-0.39, 0.29) is 27.3 Å². The molecule has 0 radical (unpaired) electrons. The second-order valence-corrected chi connectivity index (χ2v) is 7.60. The number of esters is 1.